The molecule has 90 valence electrons. The van der Waals surface area contributed by atoms with Crippen molar-refractivity contribution in [1.29, 1.82) is 0 Å². The average molecular weight is 302 g/mol. The van der Waals surface area contributed by atoms with Crippen molar-refractivity contribution < 1.29 is 4.79 Å². The zero-order valence-electron chi connectivity index (χ0n) is 9.93. The van der Waals surface area contributed by atoms with Crippen LogP contribution in [-0.2, 0) is 0 Å². The Morgan fingerprint density at radius 2 is 1.67 bits per heavy atom. The monoisotopic (exact) mass is 301 g/mol. The van der Waals surface area contributed by atoms with E-state index in [0.29, 0.717) is 5.56 Å². The molecular formula is C15H12BrNO. The van der Waals surface area contributed by atoms with Crippen LogP contribution in [0, 0.1) is 6.92 Å². The number of ketones is 1. The van der Waals surface area contributed by atoms with E-state index in [1.54, 1.807) is 0 Å². The molecule has 2 aromatic rings. The van der Waals surface area contributed by atoms with Gasteiger partial charge in [0.1, 0.15) is 0 Å². The van der Waals surface area contributed by atoms with E-state index in [0.717, 1.165) is 15.7 Å². The molecule has 0 amide bonds. The minimum Gasteiger partial charge on any atom is -0.288 e. The SMILES string of the molecule is Cc1ccc(C(=O)C=Nc2ccc(Br)cc2)cc1. The van der Waals surface area contributed by atoms with Crippen LogP contribution in [0.1, 0.15) is 15.9 Å². The van der Waals surface area contributed by atoms with E-state index in [9.17, 15) is 4.79 Å². The molecule has 3 heteroatoms. The van der Waals surface area contributed by atoms with E-state index in [-0.39, 0.29) is 5.78 Å². The highest BCUT2D eigenvalue weighted by Gasteiger charge is 2.01. The Balaban J connectivity index is 2.11. The summed E-state index contributed by atoms with van der Waals surface area (Å²) in [5, 5.41) is 0. The van der Waals surface area contributed by atoms with Crippen molar-refractivity contribution in [2.24, 2.45) is 4.99 Å². The molecule has 0 saturated heterocycles. The number of hydrogen-bond acceptors (Lipinski definition) is 2. The van der Waals surface area contributed by atoms with Crippen LogP contribution in [0.4, 0.5) is 5.69 Å². The summed E-state index contributed by atoms with van der Waals surface area (Å²) in [5.74, 6) is -0.0853. The molecule has 0 aliphatic rings. The molecule has 0 heterocycles. The first-order chi connectivity index (χ1) is 8.65. The molecule has 2 rings (SSSR count). The van der Waals surface area contributed by atoms with Gasteiger partial charge in [-0.1, -0.05) is 45.8 Å². The second kappa shape index (κ2) is 5.74. The summed E-state index contributed by atoms with van der Waals surface area (Å²) >= 11 is 3.35. The number of aliphatic imine (C=N–C) groups is 1. The third-order valence-electron chi connectivity index (χ3n) is 2.49. The first-order valence-electron chi connectivity index (χ1n) is 5.56. The van der Waals surface area contributed by atoms with Crippen LogP contribution in [0.15, 0.2) is 58.0 Å². The van der Waals surface area contributed by atoms with Gasteiger partial charge in [-0.2, -0.15) is 0 Å². The third kappa shape index (κ3) is 3.37. The lowest BCUT2D eigenvalue weighted by atomic mass is 10.1. The lowest BCUT2D eigenvalue weighted by Gasteiger charge is -1.97. The van der Waals surface area contributed by atoms with Gasteiger partial charge in [0.05, 0.1) is 11.9 Å². The summed E-state index contributed by atoms with van der Waals surface area (Å²) in [5.41, 5.74) is 2.55. The molecule has 0 saturated carbocycles. The van der Waals surface area contributed by atoms with Gasteiger partial charge in [-0.05, 0) is 31.2 Å². The number of Topliss-reactive ketones (excluding diaryl/α,β-unsaturated/α-hetero) is 1. The Hall–Kier alpha value is -1.74. The predicted octanol–water partition coefficient (Wildman–Crippen LogP) is 4.34. The normalized spacial score (nSPS) is 10.8. The van der Waals surface area contributed by atoms with Crippen LogP contribution in [0.3, 0.4) is 0 Å². The Bertz CT molecular complexity index is 570. The Labute approximate surface area is 115 Å². The summed E-state index contributed by atoms with van der Waals surface area (Å²) in [7, 11) is 0. The number of halogens is 1. The lowest BCUT2D eigenvalue weighted by molar-refractivity contribution is 0.107. The number of hydrogen-bond donors (Lipinski definition) is 0. The molecule has 18 heavy (non-hydrogen) atoms. The minimum atomic E-state index is -0.0853. The average Bonchev–Trinajstić information content (AvgIpc) is 2.38. The second-order valence-electron chi connectivity index (χ2n) is 3.96. The van der Waals surface area contributed by atoms with Crippen molar-refractivity contribution in [3.8, 4) is 0 Å². The van der Waals surface area contributed by atoms with Gasteiger partial charge in [0.25, 0.3) is 0 Å². The lowest BCUT2D eigenvalue weighted by Crippen LogP contribution is -1.99. The summed E-state index contributed by atoms with van der Waals surface area (Å²) in [4.78, 5) is 16.0. The van der Waals surface area contributed by atoms with Gasteiger partial charge in [0.15, 0.2) is 0 Å². The van der Waals surface area contributed by atoms with Crippen LogP contribution < -0.4 is 0 Å². The Kier molecular flexibility index (Phi) is 4.05. The van der Waals surface area contributed by atoms with Crippen LogP contribution >= 0.6 is 15.9 Å². The number of benzene rings is 2. The van der Waals surface area contributed by atoms with Crippen LogP contribution in [0.5, 0.6) is 0 Å². The van der Waals surface area contributed by atoms with Crippen LogP contribution in [0.2, 0.25) is 0 Å². The van der Waals surface area contributed by atoms with Crippen molar-refractivity contribution in [2.45, 2.75) is 6.92 Å². The molecule has 2 aromatic carbocycles. The minimum absolute atomic E-state index is 0.0853. The molecule has 0 N–H and O–H groups in total. The third-order valence-corrected chi connectivity index (χ3v) is 3.02. The number of rotatable bonds is 3. The van der Waals surface area contributed by atoms with E-state index in [2.05, 4.69) is 20.9 Å². The van der Waals surface area contributed by atoms with Crippen LogP contribution in [0.25, 0.3) is 0 Å². The van der Waals surface area contributed by atoms with Gasteiger partial charge in [0.2, 0.25) is 5.78 Å². The number of carbonyl (C=O) groups is 1. The smallest absolute Gasteiger partial charge is 0.204 e. The van der Waals surface area contributed by atoms with E-state index >= 15 is 0 Å². The predicted molar refractivity (Wildman–Crippen MR) is 77.8 cm³/mol. The van der Waals surface area contributed by atoms with Gasteiger partial charge in [-0.3, -0.25) is 9.79 Å². The first kappa shape index (κ1) is 12.7. The molecule has 0 radical (unpaired) electrons. The maximum absolute atomic E-state index is 11.8. The molecule has 0 bridgehead atoms. The molecular weight excluding hydrogens is 290 g/mol. The maximum Gasteiger partial charge on any atom is 0.204 e. The quantitative estimate of drug-likeness (QED) is 0.612. The van der Waals surface area contributed by atoms with Gasteiger partial charge < -0.3 is 0 Å². The molecule has 0 aliphatic carbocycles. The summed E-state index contributed by atoms with van der Waals surface area (Å²) < 4.78 is 0.992. The van der Waals surface area contributed by atoms with Crippen molar-refractivity contribution >= 4 is 33.6 Å². The molecule has 0 aromatic heterocycles. The molecule has 0 fully saturated rings. The molecule has 2 nitrogen and oxygen atoms in total. The largest absolute Gasteiger partial charge is 0.288 e. The Morgan fingerprint density at radius 1 is 1.06 bits per heavy atom. The summed E-state index contributed by atoms with van der Waals surface area (Å²) in [6.07, 6.45) is 1.36. The van der Waals surface area contributed by atoms with E-state index < -0.39 is 0 Å². The van der Waals surface area contributed by atoms with Crippen molar-refractivity contribution in [3.05, 3.63) is 64.1 Å². The van der Waals surface area contributed by atoms with Crippen molar-refractivity contribution in [2.75, 3.05) is 0 Å². The van der Waals surface area contributed by atoms with Crippen molar-refractivity contribution in [1.82, 2.24) is 0 Å². The molecule has 0 unspecified atom stereocenters. The second-order valence-corrected chi connectivity index (χ2v) is 4.88. The highest BCUT2D eigenvalue weighted by Crippen LogP contribution is 2.16. The van der Waals surface area contributed by atoms with Crippen LogP contribution in [-0.4, -0.2) is 12.0 Å². The number of aryl methyl sites for hydroxylation is 1. The fourth-order valence-corrected chi connectivity index (χ4v) is 1.72. The zero-order valence-corrected chi connectivity index (χ0v) is 11.5. The Morgan fingerprint density at radius 3 is 2.28 bits per heavy atom. The van der Waals surface area contributed by atoms with E-state index in [1.807, 2.05) is 55.5 Å². The molecule has 0 aliphatic heterocycles. The van der Waals surface area contributed by atoms with Gasteiger partial charge in [-0.15, -0.1) is 0 Å². The highest BCUT2D eigenvalue weighted by molar-refractivity contribution is 9.10. The van der Waals surface area contributed by atoms with Crippen molar-refractivity contribution in [3.63, 3.8) is 0 Å². The number of nitrogens with zero attached hydrogens (tertiary/aromatic N) is 1. The standard InChI is InChI=1S/C15H12BrNO/c1-11-2-4-12(5-3-11)15(18)10-17-14-8-6-13(16)7-9-14/h2-10H,1H3. The topological polar surface area (TPSA) is 29.4 Å². The summed E-state index contributed by atoms with van der Waals surface area (Å²) in [6, 6.07) is 14.9. The zero-order chi connectivity index (χ0) is 13.0. The molecule has 0 atom stereocenters. The van der Waals surface area contributed by atoms with Gasteiger partial charge >= 0.3 is 0 Å². The summed E-state index contributed by atoms with van der Waals surface area (Å²) in [6.45, 7) is 1.99. The van der Waals surface area contributed by atoms with Gasteiger partial charge in [-0.25, -0.2) is 0 Å². The molecule has 0 spiro atoms. The fourth-order valence-electron chi connectivity index (χ4n) is 1.45. The first-order valence-corrected chi connectivity index (χ1v) is 6.35. The van der Waals surface area contributed by atoms with E-state index in [4.69, 9.17) is 0 Å². The maximum atomic E-state index is 11.8. The van der Waals surface area contributed by atoms with Gasteiger partial charge in [0, 0.05) is 10.0 Å². The van der Waals surface area contributed by atoms with E-state index in [1.165, 1.54) is 6.21 Å². The number of carbonyl (C=O) groups excluding carboxylic acids is 1. The highest BCUT2D eigenvalue weighted by atomic mass is 79.9. The fraction of sp³-hybridized carbons (Fsp3) is 0.0667.